The molecular weight excluding hydrogens is 366 g/mol. The summed E-state index contributed by atoms with van der Waals surface area (Å²) in [6, 6.07) is 0. The monoisotopic (exact) mass is 412 g/mol. The lowest BCUT2D eigenvalue weighted by Crippen LogP contribution is -2.24. The van der Waals surface area contributed by atoms with Crippen molar-refractivity contribution in [3.63, 3.8) is 0 Å². The van der Waals surface area contributed by atoms with Crippen molar-refractivity contribution in [2.24, 2.45) is 0 Å². The van der Waals surface area contributed by atoms with Crippen molar-refractivity contribution in [3.8, 4) is 0 Å². The molecule has 0 aromatic rings. The molecule has 0 aromatic heterocycles. The number of halogens is 4. The van der Waals surface area contributed by atoms with Crippen LogP contribution in [0.1, 0.15) is 53.1 Å². The van der Waals surface area contributed by atoms with Crippen LogP contribution in [0.4, 0.5) is 0 Å². The van der Waals surface area contributed by atoms with Gasteiger partial charge in [0.2, 0.25) is 0 Å². The van der Waals surface area contributed by atoms with Crippen LogP contribution in [0.2, 0.25) is 0 Å². The van der Waals surface area contributed by atoms with Gasteiger partial charge in [-0.05, 0) is 77.9 Å². The molecular formula is C14H38Cl4N4. The average Bonchev–Trinajstić information content (AvgIpc) is 2.52. The molecule has 0 aliphatic carbocycles. The Bertz CT molecular complexity index is 391. The van der Waals surface area contributed by atoms with Crippen LogP contribution in [0.3, 0.4) is 0 Å². The lowest BCUT2D eigenvalue weighted by molar-refractivity contribution is 0.552. The van der Waals surface area contributed by atoms with Gasteiger partial charge >= 0.3 is 0 Å². The van der Waals surface area contributed by atoms with E-state index in [0.29, 0.717) is 25.9 Å². The van der Waals surface area contributed by atoms with Crippen LogP contribution in [0.15, 0.2) is 0 Å². The van der Waals surface area contributed by atoms with Crippen molar-refractivity contribution in [3.05, 3.63) is 0 Å². The van der Waals surface area contributed by atoms with Gasteiger partial charge in [0, 0.05) is 13.7 Å². The van der Waals surface area contributed by atoms with Gasteiger partial charge in [-0.2, -0.15) is 0 Å². The number of unbranched alkanes of at least 4 members (excludes halogenated alkanes) is 1. The molecule has 0 aliphatic heterocycles. The van der Waals surface area contributed by atoms with E-state index in [4.69, 9.17) is 13.7 Å². The molecule has 0 aromatic carbocycles. The fourth-order valence-corrected chi connectivity index (χ4v) is 1.48. The van der Waals surface area contributed by atoms with Crippen molar-refractivity contribution in [1.29, 1.82) is 0 Å². The Morgan fingerprint density at radius 2 is 0.864 bits per heavy atom. The zero-order valence-corrected chi connectivity index (χ0v) is 16.0. The predicted octanol–water partition coefficient (Wildman–Crippen LogP) is 2.63. The molecule has 4 N–H and O–H groups in total. The minimum atomic E-state index is -2.68. The van der Waals surface area contributed by atoms with Gasteiger partial charge in [0.05, 0.1) is 0 Å². The number of hydrogen-bond donors (Lipinski definition) is 4. The molecule has 0 amide bonds. The van der Waals surface area contributed by atoms with Gasteiger partial charge in [-0.25, -0.2) is 0 Å². The predicted molar refractivity (Wildman–Crippen MR) is 110 cm³/mol. The Morgan fingerprint density at radius 3 is 1.23 bits per heavy atom. The molecule has 4 nitrogen and oxygen atoms in total. The molecule has 0 spiro atoms. The third-order valence-corrected chi connectivity index (χ3v) is 2.44. The van der Waals surface area contributed by atoms with Crippen LogP contribution in [-0.4, -0.2) is 52.3 Å². The first kappa shape index (κ1) is 14.2. The lowest BCUT2D eigenvalue weighted by atomic mass is 10.3. The highest BCUT2D eigenvalue weighted by Crippen LogP contribution is 1.85. The van der Waals surface area contributed by atoms with Gasteiger partial charge in [-0.15, -0.1) is 49.6 Å². The molecule has 142 valence electrons. The van der Waals surface area contributed by atoms with Crippen molar-refractivity contribution in [2.75, 3.05) is 52.3 Å². The fourth-order valence-electron chi connectivity index (χ4n) is 1.48. The molecule has 0 saturated carbocycles. The van der Waals surface area contributed by atoms with Crippen LogP contribution in [0, 0.1) is 0 Å². The molecule has 0 heterocycles. The molecule has 0 radical (unpaired) electrons. The Morgan fingerprint density at radius 1 is 0.545 bits per heavy atom. The molecule has 0 atom stereocenters. The summed E-state index contributed by atoms with van der Waals surface area (Å²) in [5.74, 6) is 0. The largest absolute Gasteiger partial charge is 0.317 e. The maximum atomic E-state index is 7.41. The van der Waals surface area contributed by atoms with Gasteiger partial charge in [-0.3, -0.25) is 0 Å². The Kier molecular flexibility index (Phi) is 21.7. The summed E-state index contributed by atoms with van der Waals surface area (Å²) in [6.45, 7) is -6.55. The summed E-state index contributed by atoms with van der Waals surface area (Å²) in [5.41, 5.74) is 0. The van der Waals surface area contributed by atoms with Crippen molar-refractivity contribution in [2.45, 2.75) is 39.4 Å². The molecule has 0 aliphatic rings. The minimum Gasteiger partial charge on any atom is -0.317 e. The molecule has 0 unspecified atom stereocenters. The van der Waals surface area contributed by atoms with E-state index in [1.54, 1.807) is 0 Å². The third kappa shape index (κ3) is 32.8. The van der Waals surface area contributed by atoms with Crippen LogP contribution >= 0.6 is 49.6 Å². The molecule has 0 fully saturated rings. The SMILES string of the molecule is Cl.Cl.Cl.Cl.[2H]C([2H])([2H])C([2H])([2H])NCCCNCCCCNCCCNC([2H])([2H])C([2H])([2H])[2H]. The Labute approximate surface area is 176 Å². The summed E-state index contributed by atoms with van der Waals surface area (Å²) in [4.78, 5) is 0. The molecule has 0 saturated heterocycles. The van der Waals surface area contributed by atoms with Crippen LogP contribution in [-0.2, 0) is 0 Å². The summed E-state index contributed by atoms with van der Waals surface area (Å²) in [7, 11) is 0. The van der Waals surface area contributed by atoms with Gasteiger partial charge in [0.1, 0.15) is 0 Å². The zero-order chi connectivity index (χ0) is 21.9. The first-order valence-corrected chi connectivity index (χ1v) is 6.62. The third-order valence-electron chi connectivity index (χ3n) is 2.44. The van der Waals surface area contributed by atoms with Gasteiger partial charge in [0.25, 0.3) is 0 Å². The van der Waals surface area contributed by atoms with E-state index >= 15 is 0 Å². The second-order valence-corrected chi connectivity index (χ2v) is 4.02. The minimum absolute atomic E-state index is 0. The van der Waals surface area contributed by atoms with Gasteiger partial charge in [0.15, 0.2) is 0 Å². The van der Waals surface area contributed by atoms with Crippen molar-refractivity contribution in [1.82, 2.24) is 21.3 Å². The van der Waals surface area contributed by atoms with E-state index in [0.717, 1.165) is 25.9 Å². The summed E-state index contributed by atoms with van der Waals surface area (Å²) < 4.78 is 72.1. The van der Waals surface area contributed by atoms with E-state index in [1.807, 2.05) is 0 Å². The van der Waals surface area contributed by atoms with Crippen LogP contribution < -0.4 is 21.3 Å². The second kappa shape index (κ2) is 33.6. The highest BCUT2D eigenvalue weighted by Gasteiger charge is 1.91. The van der Waals surface area contributed by atoms with E-state index in [9.17, 15) is 0 Å². The van der Waals surface area contributed by atoms with Crippen molar-refractivity contribution < 1.29 is 13.7 Å². The maximum absolute atomic E-state index is 7.41. The van der Waals surface area contributed by atoms with E-state index in [-0.39, 0.29) is 62.7 Å². The Hall–Kier alpha value is 1.000. The number of nitrogens with one attached hydrogen (secondary N) is 4. The quantitative estimate of drug-likeness (QED) is 0.311. The zero-order valence-electron chi connectivity index (χ0n) is 22.7. The fraction of sp³-hybridized carbons (Fsp3) is 1.00. The average molecular weight is 414 g/mol. The maximum Gasteiger partial charge on any atom is 0.0425 e. The van der Waals surface area contributed by atoms with Crippen molar-refractivity contribution >= 4 is 49.6 Å². The van der Waals surface area contributed by atoms with E-state index in [2.05, 4.69) is 21.3 Å². The Balaban J connectivity index is -0.000000607. The molecule has 8 heteroatoms. The first-order chi connectivity index (χ1) is 12.7. The van der Waals surface area contributed by atoms with E-state index < -0.39 is 26.7 Å². The van der Waals surface area contributed by atoms with E-state index in [1.165, 1.54) is 0 Å². The lowest BCUT2D eigenvalue weighted by Gasteiger charge is -2.06. The highest BCUT2D eigenvalue weighted by atomic mass is 35.5. The first-order valence-electron chi connectivity index (χ1n) is 11.6. The summed E-state index contributed by atoms with van der Waals surface area (Å²) in [6.07, 6.45) is 3.17. The number of rotatable bonds is 15. The smallest absolute Gasteiger partial charge is 0.0425 e. The van der Waals surface area contributed by atoms with Gasteiger partial charge < -0.3 is 21.3 Å². The summed E-state index contributed by atoms with van der Waals surface area (Å²) >= 11 is 0. The van der Waals surface area contributed by atoms with Crippen LogP contribution in [0.5, 0.6) is 0 Å². The highest BCUT2D eigenvalue weighted by molar-refractivity contribution is 5.86. The normalized spacial score (nSPS) is 18.2. The summed E-state index contributed by atoms with van der Waals surface area (Å²) in [5, 5.41) is 11.3. The number of hydrogen-bond acceptors (Lipinski definition) is 4. The second-order valence-electron chi connectivity index (χ2n) is 4.02. The topological polar surface area (TPSA) is 48.1 Å². The molecule has 0 bridgehead atoms. The van der Waals surface area contributed by atoms with Gasteiger partial charge in [-0.1, -0.05) is 13.7 Å². The molecule has 0 rings (SSSR count). The molecule has 22 heavy (non-hydrogen) atoms. The van der Waals surface area contributed by atoms with Crippen LogP contribution in [0.25, 0.3) is 0 Å². The standard InChI is InChI=1S/C14H34N4.4ClH/c1-3-15-11-7-13-17-9-5-6-10-18-14-8-12-16-4-2;;;;/h15-18H,3-14H2,1-2H3;4*1H/i1D3,2D3,3D2,4D2;;;;.